The van der Waals surface area contributed by atoms with Crippen LogP contribution in [0.25, 0.3) is 6.08 Å². The van der Waals surface area contributed by atoms with Gasteiger partial charge in [0.2, 0.25) is 5.91 Å². The van der Waals surface area contributed by atoms with Gasteiger partial charge in [-0.15, -0.1) is 0 Å². The molecule has 1 N–H and O–H groups in total. The maximum Gasteiger partial charge on any atom is 0.244 e. The molecule has 0 atom stereocenters. The molecule has 0 aromatic carbocycles. The molecule has 4 nitrogen and oxygen atoms in total. The number of rotatable bonds is 3. The number of hydrogen-bond acceptors (Lipinski definition) is 2. The Bertz CT molecular complexity index is 551. The smallest absolute Gasteiger partial charge is 0.244 e. The first-order chi connectivity index (χ1) is 10.1. The standard InChI is InChI=1S/C17H23N3O/c1-20-11-12(10-18-20)2-3-16(21)19-17-7-13-4-14(8-17)6-15(5-13)9-17/h2-3,10-11,13-15H,4-9H2,1H3,(H,19,21). The van der Waals surface area contributed by atoms with Gasteiger partial charge in [0.15, 0.2) is 0 Å². The summed E-state index contributed by atoms with van der Waals surface area (Å²) in [6.45, 7) is 0. The van der Waals surface area contributed by atoms with E-state index in [1.54, 1.807) is 17.0 Å². The van der Waals surface area contributed by atoms with Crippen molar-refractivity contribution in [2.75, 3.05) is 0 Å². The molecule has 1 heterocycles. The highest BCUT2D eigenvalue weighted by Gasteiger charge is 2.51. The van der Waals surface area contributed by atoms with Gasteiger partial charge >= 0.3 is 0 Å². The van der Waals surface area contributed by atoms with E-state index in [9.17, 15) is 4.79 Å². The normalized spacial score (nSPS) is 37.3. The predicted molar refractivity (Wildman–Crippen MR) is 81.3 cm³/mol. The van der Waals surface area contributed by atoms with Crippen LogP contribution in [0.1, 0.15) is 44.1 Å². The molecule has 1 aromatic rings. The highest BCUT2D eigenvalue weighted by molar-refractivity contribution is 5.92. The summed E-state index contributed by atoms with van der Waals surface area (Å²) in [7, 11) is 1.88. The molecule has 1 aromatic heterocycles. The number of hydrogen-bond donors (Lipinski definition) is 1. The van der Waals surface area contributed by atoms with E-state index in [-0.39, 0.29) is 11.4 Å². The summed E-state index contributed by atoms with van der Waals surface area (Å²) in [4.78, 5) is 12.3. The van der Waals surface area contributed by atoms with Crippen LogP contribution in [0, 0.1) is 17.8 Å². The van der Waals surface area contributed by atoms with Crippen LogP contribution in [-0.4, -0.2) is 21.2 Å². The third kappa shape index (κ3) is 2.52. The van der Waals surface area contributed by atoms with Gasteiger partial charge < -0.3 is 5.32 Å². The van der Waals surface area contributed by atoms with E-state index >= 15 is 0 Å². The number of amides is 1. The first kappa shape index (κ1) is 13.1. The fourth-order valence-electron chi connectivity index (χ4n) is 5.26. The van der Waals surface area contributed by atoms with Gasteiger partial charge in [-0.1, -0.05) is 0 Å². The fourth-order valence-corrected chi connectivity index (χ4v) is 5.26. The fraction of sp³-hybridized carbons (Fsp3) is 0.647. The lowest BCUT2D eigenvalue weighted by Gasteiger charge is -2.56. The summed E-state index contributed by atoms with van der Waals surface area (Å²) in [5.41, 5.74) is 1.07. The molecule has 112 valence electrons. The largest absolute Gasteiger partial charge is 0.347 e. The number of aryl methyl sites for hydroxylation is 1. The summed E-state index contributed by atoms with van der Waals surface area (Å²) in [6.07, 6.45) is 15.0. The second kappa shape index (κ2) is 4.72. The minimum absolute atomic E-state index is 0.0563. The first-order valence-electron chi connectivity index (χ1n) is 8.09. The summed E-state index contributed by atoms with van der Waals surface area (Å²) >= 11 is 0. The van der Waals surface area contributed by atoms with Gasteiger partial charge in [0.05, 0.1) is 6.20 Å². The van der Waals surface area contributed by atoms with Gasteiger partial charge in [-0.25, -0.2) is 0 Å². The lowest BCUT2D eigenvalue weighted by molar-refractivity contribution is -0.122. The highest BCUT2D eigenvalue weighted by Crippen LogP contribution is 2.55. The third-order valence-corrected chi connectivity index (χ3v) is 5.58. The molecule has 0 aliphatic heterocycles. The van der Waals surface area contributed by atoms with Gasteiger partial charge in [-0.3, -0.25) is 9.48 Å². The molecule has 4 saturated carbocycles. The Hall–Kier alpha value is -1.58. The van der Waals surface area contributed by atoms with E-state index in [0.29, 0.717) is 0 Å². The summed E-state index contributed by atoms with van der Waals surface area (Å²) in [5.74, 6) is 2.64. The molecular weight excluding hydrogens is 262 g/mol. The predicted octanol–water partition coefficient (Wildman–Crippen LogP) is 2.52. The van der Waals surface area contributed by atoms with E-state index in [0.717, 1.165) is 23.3 Å². The number of carbonyl (C=O) groups excluding carboxylic acids is 1. The molecule has 0 saturated heterocycles. The van der Waals surface area contributed by atoms with Crippen molar-refractivity contribution in [2.45, 2.75) is 44.1 Å². The average molecular weight is 285 g/mol. The number of nitrogens with zero attached hydrogens (tertiary/aromatic N) is 2. The first-order valence-corrected chi connectivity index (χ1v) is 8.09. The van der Waals surface area contributed by atoms with E-state index in [1.807, 2.05) is 19.3 Å². The maximum atomic E-state index is 12.3. The van der Waals surface area contributed by atoms with Crippen LogP contribution in [0.4, 0.5) is 0 Å². The summed E-state index contributed by atoms with van der Waals surface area (Å²) < 4.78 is 1.75. The van der Waals surface area contributed by atoms with Crippen LogP contribution in [-0.2, 0) is 11.8 Å². The van der Waals surface area contributed by atoms with Crippen molar-refractivity contribution in [2.24, 2.45) is 24.8 Å². The zero-order valence-electron chi connectivity index (χ0n) is 12.6. The average Bonchev–Trinajstić information content (AvgIpc) is 2.80. The van der Waals surface area contributed by atoms with Crippen molar-refractivity contribution in [3.8, 4) is 0 Å². The lowest BCUT2D eigenvalue weighted by atomic mass is 9.53. The Labute approximate surface area is 125 Å². The van der Waals surface area contributed by atoms with Crippen LogP contribution in [0.2, 0.25) is 0 Å². The van der Waals surface area contributed by atoms with Crippen LogP contribution in [0.15, 0.2) is 18.5 Å². The molecule has 4 aliphatic carbocycles. The Balaban J connectivity index is 1.43. The zero-order chi connectivity index (χ0) is 14.4. The summed E-state index contributed by atoms with van der Waals surface area (Å²) in [5, 5.41) is 7.46. The molecule has 0 radical (unpaired) electrons. The minimum atomic E-state index is 0.0563. The van der Waals surface area contributed by atoms with Crippen LogP contribution >= 0.6 is 0 Å². The third-order valence-electron chi connectivity index (χ3n) is 5.58. The summed E-state index contributed by atoms with van der Waals surface area (Å²) in [6, 6.07) is 0. The maximum absolute atomic E-state index is 12.3. The van der Waals surface area contributed by atoms with E-state index in [4.69, 9.17) is 0 Å². The van der Waals surface area contributed by atoms with Crippen LogP contribution < -0.4 is 5.32 Å². The molecule has 5 rings (SSSR count). The Morgan fingerprint density at radius 2 is 1.90 bits per heavy atom. The Kier molecular flexibility index (Phi) is 2.95. The van der Waals surface area contributed by atoms with Crippen molar-refractivity contribution in [3.05, 3.63) is 24.0 Å². The number of nitrogens with one attached hydrogen (secondary N) is 1. The van der Waals surface area contributed by atoms with Gasteiger partial charge in [0.25, 0.3) is 0 Å². The van der Waals surface area contributed by atoms with Crippen molar-refractivity contribution < 1.29 is 4.79 Å². The molecule has 1 amide bonds. The molecule has 4 bridgehead atoms. The lowest BCUT2D eigenvalue weighted by Crippen LogP contribution is -2.59. The van der Waals surface area contributed by atoms with Crippen molar-refractivity contribution in [1.29, 1.82) is 0 Å². The van der Waals surface area contributed by atoms with Crippen molar-refractivity contribution in [3.63, 3.8) is 0 Å². The second-order valence-corrected chi connectivity index (χ2v) is 7.47. The van der Waals surface area contributed by atoms with Crippen LogP contribution in [0.5, 0.6) is 0 Å². The number of aromatic nitrogens is 2. The van der Waals surface area contributed by atoms with E-state index in [1.165, 1.54) is 38.5 Å². The number of carbonyl (C=O) groups is 1. The molecule has 4 aliphatic rings. The van der Waals surface area contributed by atoms with Gasteiger partial charge in [0.1, 0.15) is 0 Å². The zero-order valence-corrected chi connectivity index (χ0v) is 12.6. The minimum Gasteiger partial charge on any atom is -0.347 e. The Morgan fingerprint density at radius 3 is 2.43 bits per heavy atom. The second-order valence-electron chi connectivity index (χ2n) is 7.47. The Morgan fingerprint density at radius 1 is 1.29 bits per heavy atom. The topological polar surface area (TPSA) is 46.9 Å². The molecule has 0 unspecified atom stereocenters. The van der Waals surface area contributed by atoms with Gasteiger partial charge in [-0.05, 0) is 62.4 Å². The van der Waals surface area contributed by atoms with E-state index in [2.05, 4.69) is 10.4 Å². The van der Waals surface area contributed by atoms with Crippen molar-refractivity contribution >= 4 is 12.0 Å². The molecule has 4 fully saturated rings. The van der Waals surface area contributed by atoms with Crippen molar-refractivity contribution in [1.82, 2.24) is 15.1 Å². The molecule has 4 heteroatoms. The van der Waals surface area contributed by atoms with E-state index < -0.39 is 0 Å². The highest BCUT2D eigenvalue weighted by atomic mass is 16.1. The molecule has 0 spiro atoms. The molecular formula is C17H23N3O. The quantitative estimate of drug-likeness (QED) is 0.867. The monoisotopic (exact) mass is 285 g/mol. The van der Waals surface area contributed by atoms with Crippen LogP contribution in [0.3, 0.4) is 0 Å². The van der Waals surface area contributed by atoms with Gasteiger partial charge in [-0.2, -0.15) is 5.10 Å². The van der Waals surface area contributed by atoms with Gasteiger partial charge in [0, 0.05) is 30.4 Å². The SMILES string of the molecule is Cn1cc(C=CC(=O)NC23CC4CC(CC(C4)C2)C3)cn1. The molecule has 21 heavy (non-hydrogen) atoms.